The van der Waals surface area contributed by atoms with Crippen molar-refractivity contribution in [3.63, 3.8) is 0 Å². The molecule has 0 amide bonds. The third-order valence-corrected chi connectivity index (χ3v) is 3.66. The Kier molecular flexibility index (Phi) is 5.56. The van der Waals surface area contributed by atoms with Gasteiger partial charge in [-0.2, -0.15) is 4.37 Å². The Morgan fingerprint density at radius 2 is 2.13 bits per heavy atom. The van der Waals surface area contributed by atoms with Crippen LogP contribution in [0.1, 0.15) is 19.7 Å². The van der Waals surface area contributed by atoms with Gasteiger partial charge in [0.15, 0.2) is 4.34 Å². The van der Waals surface area contributed by atoms with E-state index < -0.39 is 0 Å². The summed E-state index contributed by atoms with van der Waals surface area (Å²) in [5.41, 5.74) is 0. The van der Waals surface area contributed by atoms with E-state index in [1.54, 1.807) is 11.8 Å². The molecule has 0 saturated heterocycles. The molecule has 0 fully saturated rings. The zero-order valence-electron chi connectivity index (χ0n) is 9.86. The van der Waals surface area contributed by atoms with Gasteiger partial charge in [-0.1, -0.05) is 25.6 Å². The van der Waals surface area contributed by atoms with Crippen molar-refractivity contribution in [1.29, 1.82) is 0 Å². The normalized spacial score (nSPS) is 11.6. The van der Waals surface area contributed by atoms with E-state index in [9.17, 15) is 0 Å². The van der Waals surface area contributed by atoms with Gasteiger partial charge in [0.25, 0.3) is 0 Å². The minimum Gasteiger partial charge on any atom is -0.309 e. The van der Waals surface area contributed by atoms with E-state index in [-0.39, 0.29) is 0 Å². The second-order valence-corrected chi connectivity index (χ2v) is 6.32. The fraction of sp³-hybridized carbons (Fsp3) is 0.800. The molecule has 0 aliphatic heterocycles. The molecule has 0 saturated carbocycles. The lowest BCUT2D eigenvalue weighted by Gasteiger charge is -2.06. The number of thioether (sulfide) groups is 1. The van der Waals surface area contributed by atoms with Gasteiger partial charge in [-0.25, -0.2) is 4.98 Å². The summed E-state index contributed by atoms with van der Waals surface area (Å²) in [6.07, 6.45) is 0.991. The standard InChI is InChI=1S/C10H19N3S2/c1-8(2)7-9-11-10(15-12-9)14-6-5-13(3)4/h8H,5-7H2,1-4H3. The molecule has 0 atom stereocenters. The second kappa shape index (κ2) is 6.45. The van der Waals surface area contributed by atoms with Gasteiger partial charge >= 0.3 is 0 Å². The summed E-state index contributed by atoms with van der Waals surface area (Å²) in [5.74, 6) is 2.73. The maximum Gasteiger partial charge on any atom is 0.170 e. The van der Waals surface area contributed by atoms with Gasteiger partial charge in [0.05, 0.1) is 0 Å². The SMILES string of the molecule is CC(C)Cc1nsc(SCCN(C)C)n1. The predicted octanol–water partition coefficient (Wildman–Crippen LogP) is 2.39. The van der Waals surface area contributed by atoms with E-state index in [0.29, 0.717) is 5.92 Å². The molecular formula is C10H19N3S2. The summed E-state index contributed by atoms with van der Waals surface area (Å²) in [7, 11) is 4.18. The number of aromatic nitrogens is 2. The molecule has 0 radical (unpaired) electrons. The van der Waals surface area contributed by atoms with Crippen molar-refractivity contribution in [2.75, 3.05) is 26.4 Å². The number of rotatable bonds is 6. The monoisotopic (exact) mass is 245 g/mol. The first kappa shape index (κ1) is 12.9. The third-order valence-electron chi connectivity index (χ3n) is 1.80. The zero-order valence-corrected chi connectivity index (χ0v) is 11.5. The van der Waals surface area contributed by atoms with Gasteiger partial charge < -0.3 is 4.90 Å². The highest BCUT2D eigenvalue weighted by Crippen LogP contribution is 2.20. The molecule has 0 aliphatic rings. The van der Waals surface area contributed by atoms with Crippen LogP contribution in [0.3, 0.4) is 0 Å². The van der Waals surface area contributed by atoms with Crippen molar-refractivity contribution < 1.29 is 0 Å². The Labute approximate surface area is 100 Å². The van der Waals surface area contributed by atoms with Gasteiger partial charge in [-0.05, 0) is 31.5 Å². The van der Waals surface area contributed by atoms with Gasteiger partial charge in [0.1, 0.15) is 5.82 Å². The van der Waals surface area contributed by atoms with Gasteiger partial charge in [0, 0.05) is 18.7 Å². The molecule has 15 heavy (non-hydrogen) atoms. The van der Waals surface area contributed by atoms with E-state index in [0.717, 1.165) is 28.9 Å². The van der Waals surface area contributed by atoms with E-state index >= 15 is 0 Å². The van der Waals surface area contributed by atoms with Crippen molar-refractivity contribution in [1.82, 2.24) is 14.3 Å². The Hall–Kier alpha value is -0.130. The lowest BCUT2D eigenvalue weighted by atomic mass is 10.1. The Balaban J connectivity index is 2.33. The average molecular weight is 245 g/mol. The fourth-order valence-corrected chi connectivity index (χ4v) is 2.88. The van der Waals surface area contributed by atoms with Gasteiger partial charge in [0.2, 0.25) is 0 Å². The molecule has 0 N–H and O–H groups in total. The first-order valence-corrected chi connectivity index (χ1v) is 6.94. The molecule has 3 nitrogen and oxygen atoms in total. The van der Waals surface area contributed by atoms with Gasteiger partial charge in [-0.3, -0.25) is 0 Å². The van der Waals surface area contributed by atoms with Crippen molar-refractivity contribution in [3.8, 4) is 0 Å². The van der Waals surface area contributed by atoms with Crippen LogP contribution in [0.2, 0.25) is 0 Å². The minimum absolute atomic E-state index is 0.638. The fourth-order valence-electron chi connectivity index (χ4n) is 1.06. The van der Waals surface area contributed by atoms with Crippen LogP contribution in [0.15, 0.2) is 4.34 Å². The molecule has 0 aliphatic carbocycles. The Morgan fingerprint density at radius 1 is 1.40 bits per heavy atom. The van der Waals surface area contributed by atoms with Crippen molar-refractivity contribution in [3.05, 3.63) is 5.82 Å². The number of hydrogen-bond acceptors (Lipinski definition) is 5. The second-order valence-electron chi connectivity index (χ2n) is 4.23. The molecule has 1 aromatic rings. The number of nitrogens with zero attached hydrogens (tertiary/aromatic N) is 3. The summed E-state index contributed by atoms with van der Waals surface area (Å²) >= 11 is 3.33. The summed E-state index contributed by atoms with van der Waals surface area (Å²) < 4.78 is 5.45. The van der Waals surface area contributed by atoms with Crippen LogP contribution in [-0.2, 0) is 6.42 Å². The Bertz CT molecular complexity index is 284. The molecule has 0 unspecified atom stereocenters. The van der Waals surface area contributed by atoms with Crippen LogP contribution in [0.5, 0.6) is 0 Å². The largest absolute Gasteiger partial charge is 0.309 e. The van der Waals surface area contributed by atoms with E-state index in [1.165, 1.54) is 11.5 Å². The zero-order chi connectivity index (χ0) is 11.3. The Morgan fingerprint density at radius 3 is 2.73 bits per heavy atom. The minimum atomic E-state index is 0.638. The summed E-state index contributed by atoms with van der Waals surface area (Å²) in [6, 6.07) is 0. The van der Waals surface area contributed by atoms with Crippen LogP contribution in [-0.4, -0.2) is 40.7 Å². The summed E-state index contributed by atoms with van der Waals surface area (Å²) in [6.45, 7) is 5.48. The first-order valence-electron chi connectivity index (χ1n) is 5.18. The van der Waals surface area contributed by atoms with E-state index in [4.69, 9.17) is 0 Å². The molecule has 1 rings (SSSR count). The maximum atomic E-state index is 4.50. The molecule has 0 bridgehead atoms. The quantitative estimate of drug-likeness (QED) is 0.720. The topological polar surface area (TPSA) is 29.0 Å². The van der Waals surface area contributed by atoms with Crippen LogP contribution < -0.4 is 0 Å². The molecule has 1 heterocycles. The van der Waals surface area contributed by atoms with Crippen LogP contribution in [0.4, 0.5) is 0 Å². The van der Waals surface area contributed by atoms with Crippen molar-refractivity contribution >= 4 is 23.3 Å². The highest BCUT2D eigenvalue weighted by molar-refractivity contribution is 8.00. The van der Waals surface area contributed by atoms with Gasteiger partial charge in [-0.15, -0.1) is 0 Å². The predicted molar refractivity (Wildman–Crippen MR) is 67.7 cm³/mol. The van der Waals surface area contributed by atoms with Crippen LogP contribution in [0.25, 0.3) is 0 Å². The summed E-state index contributed by atoms with van der Waals surface area (Å²) in [4.78, 5) is 6.68. The van der Waals surface area contributed by atoms with Crippen LogP contribution >= 0.6 is 23.3 Å². The highest BCUT2D eigenvalue weighted by Gasteiger charge is 2.06. The molecule has 86 valence electrons. The molecular weight excluding hydrogens is 226 g/mol. The number of hydrogen-bond donors (Lipinski definition) is 0. The molecule has 5 heteroatoms. The molecule has 1 aromatic heterocycles. The smallest absolute Gasteiger partial charge is 0.170 e. The maximum absolute atomic E-state index is 4.50. The van der Waals surface area contributed by atoms with E-state index in [1.807, 2.05) is 0 Å². The highest BCUT2D eigenvalue weighted by atomic mass is 32.2. The molecule has 0 spiro atoms. The first-order chi connectivity index (χ1) is 7.08. The average Bonchev–Trinajstić information content (AvgIpc) is 2.50. The van der Waals surface area contributed by atoms with E-state index in [2.05, 4.69) is 42.2 Å². The van der Waals surface area contributed by atoms with Crippen LogP contribution in [0, 0.1) is 5.92 Å². The van der Waals surface area contributed by atoms with Crippen molar-refractivity contribution in [2.45, 2.75) is 24.6 Å². The third kappa shape index (κ3) is 5.49. The molecule has 0 aromatic carbocycles. The lowest BCUT2D eigenvalue weighted by Crippen LogP contribution is -2.14. The van der Waals surface area contributed by atoms with Crippen molar-refractivity contribution in [2.24, 2.45) is 5.92 Å². The summed E-state index contributed by atoms with van der Waals surface area (Å²) in [5, 5.41) is 0. The lowest BCUT2D eigenvalue weighted by molar-refractivity contribution is 0.437.